The summed E-state index contributed by atoms with van der Waals surface area (Å²) < 4.78 is 21.4. The second-order valence-electron chi connectivity index (χ2n) is 3.17. The predicted octanol–water partition coefficient (Wildman–Crippen LogP) is -1.02. The molecule has 0 saturated carbocycles. The molecule has 0 aliphatic carbocycles. The van der Waals surface area contributed by atoms with E-state index in [4.69, 9.17) is 5.11 Å². The summed E-state index contributed by atoms with van der Waals surface area (Å²) in [6.45, 7) is 0.999. The van der Waals surface area contributed by atoms with Gasteiger partial charge in [0.05, 0.1) is 16.9 Å². The van der Waals surface area contributed by atoms with Crippen molar-refractivity contribution in [1.82, 2.24) is 0 Å². The van der Waals surface area contributed by atoms with Crippen LogP contribution in [-0.2, 0) is 14.6 Å². The van der Waals surface area contributed by atoms with Crippen molar-refractivity contribution >= 4 is 15.6 Å². The molecule has 0 aromatic rings. The first-order valence-corrected chi connectivity index (χ1v) is 5.06. The van der Waals surface area contributed by atoms with Crippen LogP contribution in [0.4, 0.5) is 0 Å². The molecule has 1 heterocycles. The van der Waals surface area contributed by atoms with E-state index in [2.05, 4.69) is 0 Å². The zero-order valence-electron chi connectivity index (χ0n) is 6.20. The zero-order valence-corrected chi connectivity index (χ0v) is 7.02. The molecule has 1 N–H and O–H groups in total. The van der Waals surface area contributed by atoms with Crippen molar-refractivity contribution in [2.24, 2.45) is 5.41 Å². The van der Waals surface area contributed by atoms with Gasteiger partial charge in [-0.15, -0.1) is 0 Å². The van der Waals surface area contributed by atoms with Crippen molar-refractivity contribution in [3.63, 3.8) is 0 Å². The largest absolute Gasteiger partial charge is 0.389 e. The number of carbonyl (C=O) groups is 1. The fourth-order valence-electron chi connectivity index (χ4n) is 1.28. The molecule has 0 amide bonds. The van der Waals surface area contributed by atoms with E-state index >= 15 is 0 Å². The minimum atomic E-state index is -2.98. The van der Waals surface area contributed by atoms with Gasteiger partial charge < -0.3 is 5.11 Å². The molecule has 1 aliphatic rings. The summed E-state index contributed by atoms with van der Waals surface area (Å²) in [7, 11) is -2.98. The second-order valence-corrected chi connectivity index (χ2v) is 5.24. The van der Waals surface area contributed by atoms with Gasteiger partial charge in [0.25, 0.3) is 0 Å². The average molecular weight is 178 g/mol. The smallest absolute Gasteiger partial charge is 0.166 e. The van der Waals surface area contributed by atoms with Gasteiger partial charge >= 0.3 is 0 Å². The topological polar surface area (TPSA) is 71.4 Å². The molecule has 0 radical (unpaired) electrons. The van der Waals surface area contributed by atoms with Gasteiger partial charge in [0.2, 0.25) is 0 Å². The lowest BCUT2D eigenvalue weighted by molar-refractivity contribution is -0.129. The molecule has 1 fully saturated rings. The predicted molar refractivity (Wildman–Crippen MR) is 38.9 cm³/mol. The molecular formula is C6H10O4S. The molecule has 0 aromatic carbocycles. The highest BCUT2D eigenvalue weighted by atomic mass is 32.2. The molecule has 4 nitrogen and oxygen atoms in total. The van der Waals surface area contributed by atoms with E-state index in [1.807, 2.05) is 0 Å². The number of rotatable bonds is 2. The van der Waals surface area contributed by atoms with E-state index in [9.17, 15) is 13.2 Å². The summed E-state index contributed by atoms with van der Waals surface area (Å²) in [6, 6.07) is 0. The van der Waals surface area contributed by atoms with E-state index < -0.39 is 21.9 Å². The van der Waals surface area contributed by atoms with E-state index in [0.717, 1.165) is 0 Å². The Labute approximate surface area is 65.1 Å². The van der Waals surface area contributed by atoms with Crippen molar-refractivity contribution < 1.29 is 18.3 Å². The molecule has 1 rings (SSSR count). The number of aliphatic hydroxyl groups is 1. The van der Waals surface area contributed by atoms with Gasteiger partial charge in [0, 0.05) is 0 Å². The van der Waals surface area contributed by atoms with Crippen LogP contribution in [0.3, 0.4) is 0 Å². The van der Waals surface area contributed by atoms with Crippen LogP contribution in [0.15, 0.2) is 0 Å². The first-order chi connectivity index (χ1) is 4.90. The molecule has 1 aliphatic heterocycles. The van der Waals surface area contributed by atoms with Crippen LogP contribution in [0.2, 0.25) is 0 Å². The summed E-state index contributed by atoms with van der Waals surface area (Å²) >= 11 is 0. The summed E-state index contributed by atoms with van der Waals surface area (Å²) in [5.41, 5.74) is -0.812. The molecule has 11 heavy (non-hydrogen) atoms. The number of aliphatic hydroxyl groups excluding tert-OH is 1. The number of hydrogen-bond donors (Lipinski definition) is 1. The van der Waals surface area contributed by atoms with Crippen LogP contribution in [0.5, 0.6) is 0 Å². The van der Waals surface area contributed by atoms with Crippen molar-refractivity contribution in [1.29, 1.82) is 0 Å². The van der Waals surface area contributed by atoms with Crippen molar-refractivity contribution in [3.8, 4) is 0 Å². The Morgan fingerprint density at radius 1 is 1.55 bits per heavy atom. The van der Waals surface area contributed by atoms with E-state index in [-0.39, 0.29) is 17.3 Å². The zero-order chi connectivity index (χ0) is 8.70. The minimum absolute atomic E-state index is 0.112. The van der Waals surface area contributed by atoms with Crippen molar-refractivity contribution in [2.75, 3.05) is 18.1 Å². The van der Waals surface area contributed by atoms with Gasteiger partial charge in [0.1, 0.15) is 6.61 Å². The summed E-state index contributed by atoms with van der Waals surface area (Å²) in [4.78, 5) is 10.9. The Balaban J connectivity index is 2.70. The van der Waals surface area contributed by atoms with Gasteiger partial charge in [-0.2, -0.15) is 0 Å². The summed E-state index contributed by atoms with van der Waals surface area (Å²) in [6.07, 6.45) is 0. The molecule has 0 bridgehead atoms. The lowest BCUT2D eigenvalue weighted by atomic mass is 9.90. The number of sulfone groups is 1. The van der Waals surface area contributed by atoms with Crippen LogP contribution < -0.4 is 0 Å². The molecule has 64 valence electrons. The van der Waals surface area contributed by atoms with Gasteiger partial charge in [-0.3, -0.25) is 4.79 Å². The standard InChI is InChI=1S/C6H10O4S/c1-6(5(8)2-7)3-11(9,10)4-6/h7H,2-4H2,1H3. The molecule has 0 atom stereocenters. The molecule has 0 unspecified atom stereocenters. The minimum Gasteiger partial charge on any atom is -0.389 e. The molecule has 5 heteroatoms. The van der Waals surface area contributed by atoms with Gasteiger partial charge in [0.15, 0.2) is 15.6 Å². The third kappa shape index (κ3) is 1.44. The average Bonchev–Trinajstić information content (AvgIpc) is 1.81. The summed E-state index contributed by atoms with van der Waals surface area (Å²) in [5.74, 6) is -0.606. The number of carbonyl (C=O) groups excluding carboxylic acids is 1. The third-order valence-electron chi connectivity index (χ3n) is 1.89. The highest BCUT2D eigenvalue weighted by Gasteiger charge is 2.49. The van der Waals surface area contributed by atoms with Gasteiger partial charge in [-0.1, -0.05) is 6.92 Å². The Bertz CT molecular complexity index is 265. The fraction of sp³-hybridized carbons (Fsp3) is 0.833. The first kappa shape index (κ1) is 8.67. The first-order valence-electron chi connectivity index (χ1n) is 3.24. The number of Topliss-reactive ketones (excluding diaryl/α,β-unsaturated/α-hetero) is 1. The van der Waals surface area contributed by atoms with E-state index in [1.54, 1.807) is 6.92 Å². The van der Waals surface area contributed by atoms with E-state index in [1.165, 1.54) is 0 Å². The quantitative estimate of drug-likeness (QED) is 0.587. The van der Waals surface area contributed by atoms with Crippen molar-refractivity contribution in [3.05, 3.63) is 0 Å². The normalized spacial score (nSPS) is 25.6. The van der Waals surface area contributed by atoms with Gasteiger partial charge in [-0.25, -0.2) is 8.42 Å². The monoisotopic (exact) mass is 178 g/mol. The highest BCUT2D eigenvalue weighted by Crippen LogP contribution is 2.32. The lowest BCUT2D eigenvalue weighted by Gasteiger charge is -2.35. The third-order valence-corrected chi connectivity index (χ3v) is 4.05. The van der Waals surface area contributed by atoms with Crippen LogP contribution in [0.25, 0.3) is 0 Å². The van der Waals surface area contributed by atoms with Crippen LogP contribution in [-0.4, -0.2) is 37.4 Å². The SMILES string of the molecule is CC1(C(=O)CO)CS(=O)(=O)C1. The van der Waals surface area contributed by atoms with Crippen LogP contribution >= 0.6 is 0 Å². The molecular weight excluding hydrogens is 168 g/mol. The Morgan fingerprint density at radius 3 is 2.27 bits per heavy atom. The summed E-state index contributed by atoms with van der Waals surface area (Å²) in [5, 5.41) is 8.46. The highest BCUT2D eigenvalue weighted by molar-refractivity contribution is 7.93. The van der Waals surface area contributed by atoms with E-state index in [0.29, 0.717) is 0 Å². The van der Waals surface area contributed by atoms with Crippen molar-refractivity contribution in [2.45, 2.75) is 6.92 Å². The maximum Gasteiger partial charge on any atom is 0.166 e. The second kappa shape index (κ2) is 2.28. The maximum absolute atomic E-state index is 10.9. The van der Waals surface area contributed by atoms with Crippen LogP contribution in [0.1, 0.15) is 6.92 Å². The molecule has 1 saturated heterocycles. The Morgan fingerprint density at radius 2 is 2.00 bits per heavy atom. The molecule has 0 aromatic heterocycles. The number of hydrogen-bond acceptors (Lipinski definition) is 4. The van der Waals surface area contributed by atoms with Crippen LogP contribution in [0, 0.1) is 5.41 Å². The number of ketones is 1. The molecule has 0 spiro atoms. The van der Waals surface area contributed by atoms with Gasteiger partial charge in [-0.05, 0) is 0 Å². The maximum atomic E-state index is 10.9. The fourth-order valence-corrected chi connectivity index (χ4v) is 3.46. The Hall–Kier alpha value is -0.420. The Kier molecular flexibility index (Phi) is 1.80. The lowest BCUT2D eigenvalue weighted by Crippen LogP contribution is -2.52.